The average molecular weight is 350 g/mol. The van der Waals surface area contributed by atoms with Gasteiger partial charge in [-0.25, -0.2) is 0 Å². The number of nitrogens with two attached hydrogens (primary N) is 1. The second-order valence-electron chi connectivity index (χ2n) is 4.82. The van der Waals surface area contributed by atoms with Crippen LogP contribution in [0.15, 0.2) is 22.7 Å². The van der Waals surface area contributed by atoms with E-state index in [-0.39, 0.29) is 12.1 Å². The van der Waals surface area contributed by atoms with Gasteiger partial charge in [0.1, 0.15) is 0 Å². The molecule has 5 heteroatoms. The Kier molecular flexibility index (Phi) is 7.32. The predicted molar refractivity (Wildman–Crippen MR) is 84.7 cm³/mol. The Morgan fingerprint density at radius 1 is 1.42 bits per heavy atom. The third-order valence-electron chi connectivity index (χ3n) is 2.97. The van der Waals surface area contributed by atoms with Gasteiger partial charge in [-0.15, -0.1) is 0 Å². The van der Waals surface area contributed by atoms with Crippen molar-refractivity contribution in [1.82, 2.24) is 4.90 Å². The maximum atomic E-state index is 6.26. The minimum Gasteiger partial charge on any atom is -0.377 e. The molecule has 0 aliphatic heterocycles. The van der Waals surface area contributed by atoms with Crippen LogP contribution in [0.5, 0.6) is 0 Å². The van der Waals surface area contributed by atoms with Crippen LogP contribution in [0.2, 0.25) is 5.02 Å². The molecule has 0 fully saturated rings. The molecule has 1 atom stereocenters. The molecular formula is C14H22BrClN2O. The van der Waals surface area contributed by atoms with E-state index in [4.69, 9.17) is 22.1 Å². The second kappa shape index (κ2) is 8.22. The van der Waals surface area contributed by atoms with Crippen molar-refractivity contribution >= 4 is 27.5 Å². The summed E-state index contributed by atoms with van der Waals surface area (Å²) < 4.78 is 6.58. The molecule has 108 valence electrons. The summed E-state index contributed by atoms with van der Waals surface area (Å²) in [6.07, 6.45) is 0.249. The Morgan fingerprint density at radius 2 is 2.11 bits per heavy atom. The molecule has 19 heavy (non-hydrogen) atoms. The molecule has 0 spiro atoms. The van der Waals surface area contributed by atoms with Gasteiger partial charge in [-0.3, -0.25) is 4.90 Å². The maximum Gasteiger partial charge on any atom is 0.0597 e. The third kappa shape index (κ3) is 5.40. The van der Waals surface area contributed by atoms with E-state index in [0.717, 1.165) is 21.6 Å². The molecule has 0 bridgehead atoms. The highest BCUT2D eigenvalue weighted by atomic mass is 79.9. The summed E-state index contributed by atoms with van der Waals surface area (Å²) in [7, 11) is 2.04. The molecule has 0 aliphatic carbocycles. The lowest BCUT2D eigenvalue weighted by molar-refractivity contribution is 0.0564. The second-order valence-corrected chi connectivity index (χ2v) is 6.14. The highest BCUT2D eigenvalue weighted by Crippen LogP contribution is 2.29. The van der Waals surface area contributed by atoms with Crippen LogP contribution < -0.4 is 5.73 Å². The molecule has 0 heterocycles. The van der Waals surface area contributed by atoms with Gasteiger partial charge in [0, 0.05) is 28.6 Å². The maximum absolute atomic E-state index is 6.26. The Morgan fingerprint density at radius 3 is 2.68 bits per heavy atom. The fourth-order valence-corrected chi connectivity index (χ4v) is 2.52. The first-order valence-corrected chi connectivity index (χ1v) is 7.59. The van der Waals surface area contributed by atoms with Gasteiger partial charge in [0.15, 0.2) is 0 Å². The fraction of sp³-hybridized carbons (Fsp3) is 0.571. The fourth-order valence-electron chi connectivity index (χ4n) is 1.90. The highest BCUT2D eigenvalue weighted by molar-refractivity contribution is 9.10. The van der Waals surface area contributed by atoms with Gasteiger partial charge in [0.25, 0.3) is 0 Å². The standard InChI is InChI=1S/C14H22BrClN2O/c1-10(2)19-7-6-18(3)14(9-17)12-8-11(15)4-5-13(12)16/h4-5,8,10,14H,6-7,9,17H2,1-3H3. The van der Waals surface area contributed by atoms with Crippen molar-refractivity contribution in [2.45, 2.75) is 26.0 Å². The molecule has 0 aromatic heterocycles. The zero-order valence-corrected chi connectivity index (χ0v) is 14.0. The summed E-state index contributed by atoms with van der Waals surface area (Å²) in [6, 6.07) is 5.95. The average Bonchev–Trinajstić information content (AvgIpc) is 2.34. The summed E-state index contributed by atoms with van der Waals surface area (Å²) in [6.45, 7) is 6.10. The van der Waals surface area contributed by atoms with E-state index in [1.165, 1.54) is 0 Å². The van der Waals surface area contributed by atoms with Crippen molar-refractivity contribution in [3.8, 4) is 0 Å². The van der Waals surface area contributed by atoms with Crippen LogP contribution in [0.25, 0.3) is 0 Å². The first kappa shape index (κ1) is 16.9. The van der Waals surface area contributed by atoms with Crippen molar-refractivity contribution in [3.63, 3.8) is 0 Å². The first-order chi connectivity index (χ1) is 8.95. The van der Waals surface area contributed by atoms with Gasteiger partial charge in [-0.1, -0.05) is 27.5 Å². The van der Waals surface area contributed by atoms with Gasteiger partial charge >= 0.3 is 0 Å². The predicted octanol–water partition coefficient (Wildman–Crippen LogP) is 3.46. The van der Waals surface area contributed by atoms with Crippen LogP contribution in [0.3, 0.4) is 0 Å². The van der Waals surface area contributed by atoms with Crippen molar-refractivity contribution in [1.29, 1.82) is 0 Å². The van der Waals surface area contributed by atoms with Crippen LogP contribution in [0.4, 0.5) is 0 Å². The monoisotopic (exact) mass is 348 g/mol. The molecule has 1 aromatic carbocycles. The lowest BCUT2D eigenvalue weighted by atomic mass is 10.1. The topological polar surface area (TPSA) is 38.5 Å². The van der Waals surface area contributed by atoms with Crippen LogP contribution in [-0.4, -0.2) is 37.7 Å². The highest BCUT2D eigenvalue weighted by Gasteiger charge is 2.18. The number of hydrogen-bond acceptors (Lipinski definition) is 3. The van der Waals surface area contributed by atoms with E-state index in [9.17, 15) is 0 Å². The van der Waals surface area contributed by atoms with E-state index < -0.39 is 0 Å². The third-order valence-corrected chi connectivity index (χ3v) is 3.80. The zero-order chi connectivity index (χ0) is 14.4. The molecular weight excluding hydrogens is 328 g/mol. The van der Waals surface area contributed by atoms with Crippen LogP contribution in [0, 0.1) is 0 Å². The molecule has 3 nitrogen and oxygen atoms in total. The Balaban J connectivity index is 2.73. The van der Waals surface area contributed by atoms with Crippen molar-refractivity contribution in [2.75, 3.05) is 26.7 Å². The summed E-state index contributed by atoms with van der Waals surface area (Å²) in [5, 5.41) is 0.746. The number of likely N-dealkylation sites (N-methyl/N-ethyl adjacent to an activating group) is 1. The van der Waals surface area contributed by atoms with E-state index in [1.54, 1.807) is 0 Å². The number of ether oxygens (including phenoxy) is 1. The number of rotatable bonds is 7. The van der Waals surface area contributed by atoms with Gasteiger partial charge in [-0.2, -0.15) is 0 Å². The Hall–Kier alpha value is -0.130. The summed E-state index contributed by atoms with van der Waals surface area (Å²) in [5.74, 6) is 0. The number of halogens is 2. The van der Waals surface area contributed by atoms with Crippen molar-refractivity contribution in [3.05, 3.63) is 33.3 Å². The lowest BCUT2D eigenvalue weighted by Crippen LogP contribution is -2.33. The van der Waals surface area contributed by atoms with E-state index in [2.05, 4.69) is 20.8 Å². The van der Waals surface area contributed by atoms with E-state index in [0.29, 0.717) is 13.2 Å². The van der Waals surface area contributed by atoms with Gasteiger partial charge in [-0.05, 0) is 44.7 Å². The normalized spacial score (nSPS) is 13.3. The smallest absolute Gasteiger partial charge is 0.0597 e. The molecule has 1 aromatic rings. The number of benzene rings is 1. The zero-order valence-electron chi connectivity index (χ0n) is 11.7. The van der Waals surface area contributed by atoms with Gasteiger partial charge < -0.3 is 10.5 Å². The summed E-state index contributed by atoms with van der Waals surface area (Å²) in [5.41, 5.74) is 6.95. The quantitative estimate of drug-likeness (QED) is 0.819. The molecule has 1 unspecified atom stereocenters. The Labute approximate surface area is 129 Å². The van der Waals surface area contributed by atoms with Crippen LogP contribution in [-0.2, 0) is 4.74 Å². The van der Waals surface area contributed by atoms with Crippen molar-refractivity contribution < 1.29 is 4.74 Å². The van der Waals surface area contributed by atoms with Gasteiger partial charge in [0.05, 0.1) is 12.7 Å². The van der Waals surface area contributed by atoms with E-state index >= 15 is 0 Å². The van der Waals surface area contributed by atoms with Crippen LogP contribution in [0.1, 0.15) is 25.5 Å². The van der Waals surface area contributed by atoms with E-state index in [1.807, 2.05) is 39.1 Å². The number of hydrogen-bond donors (Lipinski definition) is 1. The SMILES string of the molecule is CC(C)OCCN(C)C(CN)c1cc(Br)ccc1Cl. The molecule has 0 radical (unpaired) electrons. The molecule has 2 N–H and O–H groups in total. The minimum absolute atomic E-state index is 0.0979. The summed E-state index contributed by atoms with van der Waals surface area (Å²) in [4.78, 5) is 2.18. The van der Waals surface area contributed by atoms with Crippen molar-refractivity contribution in [2.24, 2.45) is 5.73 Å². The number of nitrogens with zero attached hydrogens (tertiary/aromatic N) is 1. The molecule has 0 saturated carbocycles. The Bertz CT molecular complexity index is 401. The van der Waals surface area contributed by atoms with Gasteiger partial charge in [0.2, 0.25) is 0 Å². The molecule has 0 saturated heterocycles. The molecule has 0 aliphatic rings. The lowest BCUT2D eigenvalue weighted by Gasteiger charge is -2.28. The molecule has 1 rings (SSSR count). The summed E-state index contributed by atoms with van der Waals surface area (Å²) >= 11 is 9.74. The largest absolute Gasteiger partial charge is 0.377 e. The van der Waals surface area contributed by atoms with Crippen LogP contribution >= 0.6 is 27.5 Å². The first-order valence-electron chi connectivity index (χ1n) is 6.42. The molecule has 0 amide bonds. The minimum atomic E-state index is 0.0979.